The van der Waals surface area contributed by atoms with Crippen LogP contribution in [0.15, 0.2) is 77.9 Å². The Bertz CT molecular complexity index is 935. The lowest BCUT2D eigenvalue weighted by Gasteiger charge is -2.06. The minimum Gasteiger partial charge on any atom is -0.489 e. The van der Waals surface area contributed by atoms with E-state index in [-0.39, 0.29) is 5.91 Å². The fraction of sp³-hybridized carbons (Fsp3) is 0.0909. The average Bonchev–Trinajstić information content (AvgIpc) is 2.68. The largest absolute Gasteiger partial charge is 0.489 e. The highest BCUT2D eigenvalue weighted by Gasteiger charge is 2.02. The van der Waals surface area contributed by atoms with E-state index < -0.39 is 0 Å². The molecule has 0 atom stereocenters. The number of hydrogen-bond acceptors (Lipinski definition) is 3. The van der Waals surface area contributed by atoms with E-state index in [4.69, 9.17) is 16.3 Å². The van der Waals surface area contributed by atoms with Crippen molar-refractivity contribution in [3.63, 3.8) is 0 Å². The van der Waals surface area contributed by atoms with E-state index in [0.717, 1.165) is 22.4 Å². The molecule has 0 saturated carbocycles. The molecule has 0 radical (unpaired) electrons. The minimum absolute atomic E-state index is 0.243. The predicted octanol–water partition coefficient (Wildman–Crippen LogP) is 4.99. The van der Waals surface area contributed by atoms with Gasteiger partial charge < -0.3 is 4.74 Å². The van der Waals surface area contributed by atoms with Crippen molar-refractivity contribution in [2.75, 3.05) is 0 Å². The highest BCUT2D eigenvalue weighted by Crippen LogP contribution is 2.16. The van der Waals surface area contributed by atoms with Crippen LogP contribution < -0.4 is 10.2 Å². The van der Waals surface area contributed by atoms with Crippen LogP contribution in [0.3, 0.4) is 0 Å². The van der Waals surface area contributed by atoms with Crippen LogP contribution in [0.4, 0.5) is 0 Å². The molecular weight excluding hydrogens is 360 g/mol. The number of hydrogen-bond donors (Lipinski definition) is 1. The Morgan fingerprint density at radius 2 is 1.81 bits per heavy atom. The number of rotatable bonds is 6. The van der Waals surface area contributed by atoms with Gasteiger partial charge in [0.15, 0.2) is 0 Å². The molecule has 0 aliphatic heterocycles. The molecule has 0 fully saturated rings. The van der Waals surface area contributed by atoms with Gasteiger partial charge in [-0.3, -0.25) is 4.79 Å². The summed E-state index contributed by atoms with van der Waals surface area (Å²) in [5, 5.41) is 4.68. The maximum Gasteiger partial charge on any atom is 0.271 e. The summed E-state index contributed by atoms with van der Waals surface area (Å²) in [4.78, 5) is 12.0. The van der Waals surface area contributed by atoms with Crippen molar-refractivity contribution in [3.05, 3.63) is 100 Å². The fourth-order valence-electron chi connectivity index (χ4n) is 2.38. The molecule has 0 aromatic heterocycles. The van der Waals surface area contributed by atoms with Gasteiger partial charge in [-0.25, -0.2) is 5.43 Å². The van der Waals surface area contributed by atoms with E-state index in [9.17, 15) is 4.79 Å². The second kappa shape index (κ2) is 9.01. The second-order valence-corrected chi connectivity index (χ2v) is 6.49. The van der Waals surface area contributed by atoms with Gasteiger partial charge in [0.25, 0.3) is 5.91 Å². The van der Waals surface area contributed by atoms with E-state index in [1.54, 1.807) is 18.3 Å². The zero-order valence-corrected chi connectivity index (χ0v) is 15.6. The molecule has 136 valence electrons. The summed E-state index contributed by atoms with van der Waals surface area (Å²) >= 11 is 5.96. The van der Waals surface area contributed by atoms with Crippen LogP contribution in [0, 0.1) is 6.92 Å². The minimum atomic E-state index is -0.243. The Kier molecular flexibility index (Phi) is 6.23. The number of carbonyl (C=O) groups is 1. The molecule has 27 heavy (non-hydrogen) atoms. The van der Waals surface area contributed by atoms with Crippen LogP contribution in [0.1, 0.15) is 27.0 Å². The Morgan fingerprint density at radius 3 is 2.52 bits per heavy atom. The van der Waals surface area contributed by atoms with Gasteiger partial charge in [-0.15, -0.1) is 0 Å². The van der Waals surface area contributed by atoms with Gasteiger partial charge in [-0.05, 0) is 66.6 Å². The number of aryl methyl sites for hydroxylation is 1. The van der Waals surface area contributed by atoms with E-state index in [1.165, 1.54) is 0 Å². The van der Waals surface area contributed by atoms with E-state index in [0.29, 0.717) is 17.2 Å². The number of hydrazone groups is 1. The standard InChI is InChI=1S/C22H19ClN2O2/c1-16-5-9-19(10-6-16)22(26)25-24-14-17-7-11-21(12-8-17)27-15-18-3-2-4-20(23)13-18/h2-14H,15H2,1H3,(H,25,26)/b24-14-. The Balaban J connectivity index is 1.51. The molecule has 0 bridgehead atoms. The Morgan fingerprint density at radius 1 is 1.07 bits per heavy atom. The van der Waals surface area contributed by atoms with Crippen molar-refractivity contribution in [2.45, 2.75) is 13.5 Å². The maximum absolute atomic E-state index is 12.0. The highest BCUT2D eigenvalue weighted by atomic mass is 35.5. The average molecular weight is 379 g/mol. The summed E-state index contributed by atoms with van der Waals surface area (Å²) in [6.07, 6.45) is 1.59. The summed E-state index contributed by atoms with van der Waals surface area (Å²) in [6.45, 7) is 2.42. The predicted molar refractivity (Wildman–Crippen MR) is 108 cm³/mol. The smallest absolute Gasteiger partial charge is 0.271 e. The topological polar surface area (TPSA) is 50.7 Å². The van der Waals surface area contributed by atoms with Crippen molar-refractivity contribution < 1.29 is 9.53 Å². The first-order valence-electron chi connectivity index (χ1n) is 8.47. The number of nitrogens with one attached hydrogen (secondary N) is 1. The summed E-state index contributed by atoms with van der Waals surface area (Å²) < 4.78 is 5.74. The molecule has 1 N–H and O–H groups in total. The van der Waals surface area contributed by atoms with Gasteiger partial charge in [0.05, 0.1) is 6.21 Å². The van der Waals surface area contributed by atoms with Crippen molar-refractivity contribution in [3.8, 4) is 5.75 Å². The van der Waals surface area contributed by atoms with Crippen LogP contribution >= 0.6 is 11.6 Å². The van der Waals surface area contributed by atoms with Gasteiger partial charge in [-0.1, -0.05) is 41.4 Å². The van der Waals surface area contributed by atoms with Crippen LogP contribution in [0.5, 0.6) is 5.75 Å². The molecule has 3 rings (SSSR count). The summed E-state index contributed by atoms with van der Waals surface area (Å²) in [7, 11) is 0. The zero-order valence-electron chi connectivity index (χ0n) is 14.9. The van der Waals surface area contributed by atoms with Crippen LogP contribution in [0.2, 0.25) is 5.02 Å². The molecule has 5 heteroatoms. The first-order chi connectivity index (χ1) is 13.1. The third kappa shape index (κ3) is 5.69. The second-order valence-electron chi connectivity index (χ2n) is 6.05. The molecule has 0 heterocycles. The zero-order chi connectivity index (χ0) is 19.1. The van der Waals surface area contributed by atoms with E-state index in [1.807, 2.05) is 67.6 Å². The number of amides is 1. The van der Waals surface area contributed by atoms with Gasteiger partial charge >= 0.3 is 0 Å². The summed E-state index contributed by atoms with van der Waals surface area (Å²) in [5.74, 6) is 0.503. The molecule has 4 nitrogen and oxygen atoms in total. The van der Waals surface area contributed by atoms with Crippen molar-refractivity contribution in [1.82, 2.24) is 5.43 Å². The van der Waals surface area contributed by atoms with E-state index in [2.05, 4.69) is 10.5 Å². The van der Waals surface area contributed by atoms with E-state index >= 15 is 0 Å². The number of halogens is 1. The number of benzene rings is 3. The van der Waals surface area contributed by atoms with Crippen molar-refractivity contribution in [1.29, 1.82) is 0 Å². The lowest BCUT2D eigenvalue weighted by molar-refractivity contribution is 0.0955. The Hall–Kier alpha value is -3.11. The first kappa shape index (κ1) is 18.7. The molecule has 3 aromatic carbocycles. The molecule has 0 unspecified atom stereocenters. The van der Waals surface area contributed by atoms with Crippen LogP contribution in [-0.4, -0.2) is 12.1 Å². The van der Waals surface area contributed by atoms with Gasteiger partial charge in [0.1, 0.15) is 12.4 Å². The first-order valence-corrected chi connectivity index (χ1v) is 8.85. The molecule has 0 aliphatic rings. The molecular formula is C22H19ClN2O2. The lowest BCUT2D eigenvalue weighted by atomic mass is 10.1. The summed E-state index contributed by atoms with van der Waals surface area (Å²) in [5.41, 5.74) is 6.06. The third-order valence-corrected chi connectivity index (χ3v) is 4.10. The van der Waals surface area contributed by atoms with Crippen LogP contribution in [-0.2, 0) is 6.61 Å². The number of nitrogens with zero attached hydrogens (tertiary/aromatic N) is 1. The monoisotopic (exact) mass is 378 g/mol. The normalized spacial score (nSPS) is 10.7. The molecule has 1 amide bonds. The molecule has 0 aliphatic carbocycles. The molecule has 0 saturated heterocycles. The highest BCUT2D eigenvalue weighted by molar-refractivity contribution is 6.30. The number of carbonyl (C=O) groups excluding carboxylic acids is 1. The van der Waals surface area contributed by atoms with Gasteiger partial charge in [0.2, 0.25) is 0 Å². The lowest BCUT2D eigenvalue weighted by Crippen LogP contribution is -2.17. The maximum atomic E-state index is 12.0. The van der Waals surface area contributed by atoms with Crippen molar-refractivity contribution in [2.24, 2.45) is 5.10 Å². The molecule has 0 spiro atoms. The van der Waals surface area contributed by atoms with Crippen molar-refractivity contribution >= 4 is 23.7 Å². The van der Waals surface area contributed by atoms with Crippen LogP contribution in [0.25, 0.3) is 0 Å². The van der Waals surface area contributed by atoms with Gasteiger partial charge in [-0.2, -0.15) is 5.10 Å². The SMILES string of the molecule is Cc1ccc(C(=O)N/N=C\c2ccc(OCc3cccc(Cl)c3)cc2)cc1. The summed E-state index contributed by atoms with van der Waals surface area (Å²) in [6, 6.07) is 22.3. The molecule has 3 aromatic rings. The fourth-order valence-corrected chi connectivity index (χ4v) is 2.59. The Labute approximate surface area is 163 Å². The quantitative estimate of drug-likeness (QED) is 0.485. The number of ether oxygens (including phenoxy) is 1. The third-order valence-electron chi connectivity index (χ3n) is 3.87. The van der Waals surface area contributed by atoms with Gasteiger partial charge in [0, 0.05) is 10.6 Å².